The minimum absolute atomic E-state index is 0.0616. The van der Waals surface area contributed by atoms with Crippen LogP contribution in [-0.4, -0.2) is 14.5 Å². The number of nitrogens with one attached hydrogen (secondary N) is 1. The van der Waals surface area contributed by atoms with Crippen molar-refractivity contribution in [3.8, 4) is 0 Å². The van der Waals surface area contributed by atoms with Crippen molar-refractivity contribution in [2.75, 3.05) is 0 Å². The van der Waals surface area contributed by atoms with E-state index in [1.807, 2.05) is 6.92 Å². The Balaban J connectivity index is 2.06. The molecule has 0 amide bonds. The van der Waals surface area contributed by atoms with Crippen molar-refractivity contribution in [2.24, 2.45) is 5.92 Å². The Labute approximate surface area is 115 Å². The number of benzene rings is 1. The number of halogens is 2. The predicted octanol–water partition coefficient (Wildman–Crippen LogP) is 2.81. The summed E-state index contributed by atoms with van der Waals surface area (Å²) in [6.07, 6.45) is 2.13. The van der Waals surface area contributed by atoms with E-state index in [0.717, 1.165) is 12.8 Å². The second kappa shape index (κ2) is 5.27. The molecule has 0 spiro atoms. The van der Waals surface area contributed by atoms with Gasteiger partial charge in [-0.15, -0.1) is 0 Å². The van der Waals surface area contributed by atoms with Gasteiger partial charge < -0.3 is 0 Å². The summed E-state index contributed by atoms with van der Waals surface area (Å²) in [6.45, 7) is 1.85. The molecule has 0 heterocycles. The van der Waals surface area contributed by atoms with Gasteiger partial charge in [0.15, 0.2) is 0 Å². The molecule has 3 nitrogen and oxygen atoms in total. The smallest absolute Gasteiger partial charge is 0.212 e. The van der Waals surface area contributed by atoms with E-state index in [1.54, 1.807) is 6.07 Å². The molecule has 100 valence electrons. The van der Waals surface area contributed by atoms with Crippen LogP contribution in [0.25, 0.3) is 0 Å². The fraction of sp³-hybridized carbons (Fsp3) is 0.500. The molecule has 1 aliphatic rings. The number of sulfonamides is 1. The monoisotopic (exact) mass is 335 g/mol. The van der Waals surface area contributed by atoms with Gasteiger partial charge in [0.25, 0.3) is 0 Å². The maximum absolute atomic E-state index is 13.6. The van der Waals surface area contributed by atoms with E-state index < -0.39 is 15.8 Å². The van der Waals surface area contributed by atoms with Gasteiger partial charge in [0.05, 0.1) is 5.75 Å². The zero-order valence-electron chi connectivity index (χ0n) is 9.99. The SMILES string of the molecule is CC(NS(=O)(=O)Cc1ccc(Br)cc1F)C1CC1. The van der Waals surface area contributed by atoms with Gasteiger partial charge in [0.1, 0.15) is 5.82 Å². The molecule has 0 radical (unpaired) electrons. The zero-order valence-corrected chi connectivity index (χ0v) is 12.4. The van der Waals surface area contributed by atoms with Crippen LogP contribution < -0.4 is 4.72 Å². The van der Waals surface area contributed by atoms with Gasteiger partial charge in [0.2, 0.25) is 10.0 Å². The quantitative estimate of drug-likeness (QED) is 0.899. The van der Waals surface area contributed by atoms with Crippen LogP contribution in [0.5, 0.6) is 0 Å². The molecule has 1 saturated carbocycles. The molecule has 0 saturated heterocycles. The predicted molar refractivity (Wildman–Crippen MR) is 72.0 cm³/mol. The Morgan fingerprint density at radius 2 is 2.17 bits per heavy atom. The first-order valence-electron chi connectivity index (χ1n) is 5.81. The molecule has 2 rings (SSSR count). The highest BCUT2D eigenvalue weighted by Crippen LogP contribution is 2.32. The first-order valence-corrected chi connectivity index (χ1v) is 8.26. The second-order valence-electron chi connectivity index (χ2n) is 4.74. The minimum Gasteiger partial charge on any atom is -0.212 e. The highest BCUT2D eigenvalue weighted by molar-refractivity contribution is 9.10. The fourth-order valence-electron chi connectivity index (χ4n) is 1.86. The van der Waals surface area contributed by atoms with Crippen molar-refractivity contribution in [2.45, 2.75) is 31.6 Å². The van der Waals surface area contributed by atoms with Crippen molar-refractivity contribution >= 4 is 26.0 Å². The minimum atomic E-state index is -3.48. The molecule has 18 heavy (non-hydrogen) atoms. The number of hydrogen-bond donors (Lipinski definition) is 1. The third kappa shape index (κ3) is 3.76. The van der Waals surface area contributed by atoms with Crippen LogP contribution in [-0.2, 0) is 15.8 Å². The van der Waals surface area contributed by atoms with E-state index in [0.29, 0.717) is 10.4 Å². The van der Waals surface area contributed by atoms with Crippen LogP contribution in [0.4, 0.5) is 4.39 Å². The summed E-state index contributed by atoms with van der Waals surface area (Å²) in [7, 11) is -3.48. The molecule has 1 aromatic rings. The molecule has 1 atom stereocenters. The summed E-state index contributed by atoms with van der Waals surface area (Å²) >= 11 is 3.14. The van der Waals surface area contributed by atoms with Gasteiger partial charge in [-0.2, -0.15) is 0 Å². The molecule has 0 bridgehead atoms. The van der Waals surface area contributed by atoms with Crippen molar-refractivity contribution in [3.63, 3.8) is 0 Å². The number of hydrogen-bond acceptors (Lipinski definition) is 2. The van der Waals surface area contributed by atoms with E-state index >= 15 is 0 Å². The molecule has 1 aromatic carbocycles. The summed E-state index contributed by atoms with van der Waals surface area (Å²) in [5.74, 6) is -0.383. The Morgan fingerprint density at radius 1 is 1.50 bits per heavy atom. The summed E-state index contributed by atoms with van der Waals surface area (Å²) in [5.41, 5.74) is 0.189. The fourth-order valence-corrected chi connectivity index (χ4v) is 3.68. The molecule has 0 aliphatic heterocycles. The number of rotatable bonds is 5. The lowest BCUT2D eigenvalue weighted by molar-refractivity contribution is 0.535. The van der Waals surface area contributed by atoms with Gasteiger partial charge in [-0.1, -0.05) is 22.0 Å². The Morgan fingerprint density at radius 3 is 2.72 bits per heavy atom. The normalized spacial score (nSPS) is 17.7. The highest BCUT2D eigenvalue weighted by atomic mass is 79.9. The van der Waals surface area contributed by atoms with Crippen LogP contribution in [0.2, 0.25) is 0 Å². The van der Waals surface area contributed by atoms with Crippen molar-refractivity contribution < 1.29 is 12.8 Å². The van der Waals surface area contributed by atoms with E-state index in [1.165, 1.54) is 12.1 Å². The summed E-state index contributed by atoms with van der Waals surface area (Å²) < 4.78 is 40.5. The van der Waals surface area contributed by atoms with Gasteiger partial charge in [-0.25, -0.2) is 17.5 Å². The van der Waals surface area contributed by atoms with Crippen LogP contribution >= 0.6 is 15.9 Å². The third-order valence-electron chi connectivity index (χ3n) is 3.06. The zero-order chi connectivity index (χ0) is 13.3. The van der Waals surface area contributed by atoms with E-state index in [4.69, 9.17) is 0 Å². The molecule has 0 aromatic heterocycles. The lowest BCUT2D eigenvalue weighted by atomic mass is 10.2. The first kappa shape index (κ1) is 14.0. The lowest BCUT2D eigenvalue weighted by Crippen LogP contribution is -2.35. The average Bonchev–Trinajstić information content (AvgIpc) is 3.05. The van der Waals surface area contributed by atoms with Crippen LogP contribution in [0.15, 0.2) is 22.7 Å². The Hall–Kier alpha value is -0.460. The van der Waals surface area contributed by atoms with Crippen molar-refractivity contribution in [1.29, 1.82) is 0 Å². The van der Waals surface area contributed by atoms with E-state index in [-0.39, 0.29) is 17.4 Å². The average molecular weight is 336 g/mol. The Kier molecular flexibility index (Phi) is 4.08. The standard InChI is InChI=1S/C12H15BrFNO2S/c1-8(9-2-3-9)15-18(16,17)7-10-4-5-11(13)6-12(10)14/h4-6,8-9,15H,2-3,7H2,1H3. The van der Waals surface area contributed by atoms with Gasteiger partial charge in [0, 0.05) is 16.1 Å². The molecule has 1 N–H and O–H groups in total. The maximum Gasteiger partial charge on any atom is 0.216 e. The van der Waals surface area contributed by atoms with Gasteiger partial charge in [-0.3, -0.25) is 0 Å². The maximum atomic E-state index is 13.6. The summed E-state index contributed by atoms with van der Waals surface area (Å²) in [5, 5.41) is 0. The summed E-state index contributed by atoms with van der Waals surface area (Å²) in [4.78, 5) is 0. The van der Waals surface area contributed by atoms with Crippen LogP contribution in [0.1, 0.15) is 25.3 Å². The largest absolute Gasteiger partial charge is 0.216 e. The molecular formula is C12H15BrFNO2S. The Bertz CT molecular complexity index is 543. The van der Waals surface area contributed by atoms with E-state index in [2.05, 4.69) is 20.7 Å². The van der Waals surface area contributed by atoms with Gasteiger partial charge in [-0.05, 0) is 37.8 Å². The lowest BCUT2D eigenvalue weighted by Gasteiger charge is -2.13. The van der Waals surface area contributed by atoms with Crippen LogP contribution in [0, 0.1) is 11.7 Å². The second-order valence-corrected chi connectivity index (χ2v) is 7.41. The third-order valence-corrected chi connectivity index (χ3v) is 4.97. The topological polar surface area (TPSA) is 46.2 Å². The first-order chi connectivity index (χ1) is 8.37. The molecule has 1 fully saturated rings. The summed E-state index contributed by atoms with van der Waals surface area (Å²) in [6, 6.07) is 4.34. The molecule has 1 aliphatic carbocycles. The molecule has 1 unspecified atom stereocenters. The van der Waals surface area contributed by atoms with Crippen molar-refractivity contribution in [3.05, 3.63) is 34.1 Å². The van der Waals surface area contributed by atoms with E-state index in [9.17, 15) is 12.8 Å². The molecule has 6 heteroatoms. The van der Waals surface area contributed by atoms with Crippen LogP contribution in [0.3, 0.4) is 0 Å². The highest BCUT2D eigenvalue weighted by Gasteiger charge is 2.30. The van der Waals surface area contributed by atoms with Crippen molar-refractivity contribution in [1.82, 2.24) is 4.72 Å². The van der Waals surface area contributed by atoms with Gasteiger partial charge >= 0.3 is 0 Å². The molecular weight excluding hydrogens is 321 g/mol.